The summed E-state index contributed by atoms with van der Waals surface area (Å²) in [4.78, 5) is 13.2. The van der Waals surface area contributed by atoms with Crippen LogP contribution in [0.15, 0.2) is 94.9 Å². The van der Waals surface area contributed by atoms with Crippen molar-refractivity contribution in [3.05, 3.63) is 96.1 Å². The first-order valence-electron chi connectivity index (χ1n) is 9.02. The maximum Gasteiger partial charge on any atom is 0.253 e. The molecule has 28 heavy (non-hydrogen) atoms. The Morgan fingerprint density at radius 2 is 1.64 bits per heavy atom. The zero-order valence-corrected chi connectivity index (χ0v) is 16.4. The summed E-state index contributed by atoms with van der Waals surface area (Å²) < 4.78 is 5.76. The number of carbonyl (C=O) groups is 1. The Kier molecular flexibility index (Phi) is 7.27. The van der Waals surface area contributed by atoms with Gasteiger partial charge in [-0.25, -0.2) is 5.43 Å². The molecule has 3 aromatic rings. The van der Waals surface area contributed by atoms with Crippen LogP contribution in [0.5, 0.6) is 5.75 Å². The second-order valence-electron chi connectivity index (χ2n) is 6.15. The zero-order valence-electron chi connectivity index (χ0n) is 15.6. The highest BCUT2D eigenvalue weighted by Crippen LogP contribution is 2.22. The van der Waals surface area contributed by atoms with E-state index in [1.165, 1.54) is 11.8 Å². The summed E-state index contributed by atoms with van der Waals surface area (Å²) >= 11 is 1.50. The van der Waals surface area contributed by atoms with Gasteiger partial charge in [0.05, 0.1) is 11.5 Å². The van der Waals surface area contributed by atoms with Gasteiger partial charge in [0.1, 0.15) is 12.4 Å². The highest BCUT2D eigenvalue weighted by atomic mass is 32.2. The summed E-state index contributed by atoms with van der Waals surface area (Å²) in [6, 6.07) is 27.4. The molecule has 3 aromatic carbocycles. The largest absolute Gasteiger partial charge is 0.489 e. The summed E-state index contributed by atoms with van der Waals surface area (Å²) in [5, 5.41) is 3.82. The van der Waals surface area contributed by atoms with Crippen molar-refractivity contribution in [3.63, 3.8) is 0 Å². The molecule has 5 heteroatoms. The number of hydrogen-bond donors (Lipinski definition) is 1. The maximum atomic E-state index is 12.1. The van der Waals surface area contributed by atoms with E-state index in [0.717, 1.165) is 21.8 Å². The molecule has 0 radical (unpaired) electrons. The van der Waals surface area contributed by atoms with Crippen LogP contribution in [0, 0.1) is 0 Å². The smallest absolute Gasteiger partial charge is 0.253 e. The average Bonchev–Trinajstić information content (AvgIpc) is 2.74. The SMILES string of the molecule is C[C@H](Sc1ccccc1)C(=O)N/N=C\c1ccc(OCc2ccccc2)cc1. The van der Waals surface area contributed by atoms with Crippen LogP contribution >= 0.6 is 11.8 Å². The zero-order chi connectivity index (χ0) is 19.6. The van der Waals surface area contributed by atoms with Crippen molar-refractivity contribution in [2.75, 3.05) is 0 Å². The number of hydrazone groups is 1. The Bertz CT molecular complexity index is 897. The molecule has 4 nitrogen and oxygen atoms in total. The molecule has 1 amide bonds. The minimum absolute atomic E-state index is 0.132. The third-order valence-electron chi connectivity index (χ3n) is 3.94. The van der Waals surface area contributed by atoms with E-state index in [-0.39, 0.29) is 11.2 Å². The van der Waals surface area contributed by atoms with Crippen molar-refractivity contribution in [2.24, 2.45) is 5.10 Å². The van der Waals surface area contributed by atoms with Crippen molar-refractivity contribution in [2.45, 2.75) is 23.7 Å². The van der Waals surface area contributed by atoms with Gasteiger partial charge >= 0.3 is 0 Å². The van der Waals surface area contributed by atoms with Crippen LogP contribution < -0.4 is 10.2 Å². The average molecular weight is 391 g/mol. The van der Waals surface area contributed by atoms with E-state index in [4.69, 9.17) is 4.74 Å². The fourth-order valence-electron chi connectivity index (χ4n) is 2.41. The molecule has 1 N–H and O–H groups in total. The summed E-state index contributed by atoms with van der Waals surface area (Å²) in [5.41, 5.74) is 4.60. The van der Waals surface area contributed by atoms with Crippen LogP contribution in [-0.4, -0.2) is 17.4 Å². The third-order valence-corrected chi connectivity index (χ3v) is 5.05. The Balaban J connectivity index is 1.45. The Hall–Kier alpha value is -3.05. The molecular formula is C23H22N2O2S. The molecule has 0 aliphatic rings. The number of carbonyl (C=O) groups excluding carboxylic acids is 1. The molecular weight excluding hydrogens is 368 g/mol. The first-order chi connectivity index (χ1) is 13.7. The first kappa shape index (κ1) is 19.7. The summed E-state index contributed by atoms with van der Waals surface area (Å²) in [7, 11) is 0. The van der Waals surface area contributed by atoms with Crippen molar-refractivity contribution in [1.29, 1.82) is 0 Å². The van der Waals surface area contributed by atoms with Gasteiger partial charge in [-0.2, -0.15) is 5.10 Å². The molecule has 1 atom stereocenters. The highest BCUT2D eigenvalue weighted by molar-refractivity contribution is 8.00. The van der Waals surface area contributed by atoms with Crippen molar-refractivity contribution in [1.82, 2.24) is 5.43 Å². The molecule has 0 aliphatic heterocycles. The van der Waals surface area contributed by atoms with E-state index in [2.05, 4.69) is 10.5 Å². The highest BCUT2D eigenvalue weighted by Gasteiger charge is 2.13. The number of nitrogens with one attached hydrogen (secondary N) is 1. The van der Waals surface area contributed by atoms with Crippen LogP contribution in [0.2, 0.25) is 0 Å². The maximum absolute atomic E-state index is 12.1. The third kappa shape index (κ3) is 6.28. The lowest BCUT2D eigenvalue weighted by atomic mass is 10.2. The van der Waals surface area contributed by atoms with Gasteiger partial charge in [-0.1, -0.05) is 48.5 Å². The summed E-state index contributed by atoms with van der Waals surface area (Å²) in [6.45, 7) is 2.39. The quantitative estimate of drug-likeness (QED) is 0.338. The Morgan fingerprint density at radius 3 is 2.32 bits per heavy atom. The van der Waals surface area contributed by atoms with Gasteiger partial charge in [0.15, 0.2) is 0 Å². The minimum Gasteiger partial charge on any atom is -0.489 e. The number of amides is 1. The van der Waals surface area contributed by atoms with Crippen LogP contribution in [0.1, 0.15) is 18.1 Å². The predicted octanol–water partition coefficient (Wildman–Crippen LogP) is 4.90. The molecule has 0 spiro atoms. The normalized spacial score (nSPS) is 11.9. The standard InChI is InChI=1S/C23H22N2O2S/c1-18(28-22-10-6-3-7-11-22)23(26)25-24-16-19-12-14-21(15-13-19)27-17-20-8-4-2-5-9-20/h2-16,18H,17H2,1H3,(H,25,26)/b24-16-/t18-/m0/s1. The van der Waals surface area contributed by atoms with Gasteiger partial charge in [0.25, 0.3) is 5.91 Å². The lowest BCUT2D eigenvalue weighted by Gasteiger charge is -2.09. The topological polar surface area (TPSA) is 50.7 Å². The van der Waals surface area contributed by atoms with E-state index >= 15 is 0 Å². The van der Waals surface area contributed by atoms with Gasteiger partial charge in [0.2, 0.25) is 0 Å². The van der Waals surface area contributed by atoms with Crippen LogP contribution in [-0.2, 0) is 11.4 Å². The fourth-order valence-corrected chi connectivity index (χ4v) is 3.29. The molecule has 0 heterocycles. The predicted molar refractivity (Wildman–Crippen MR) is 115 cm³/mol. The fraction of sp³-hybridized carbons (Fsp3) is 0.130. The number of ether oxygens (including phenoxy) is 1. The lowest BCUT2D eigenvalue weighted by Crippen LogP contribution is -2.26. The van der Waals surface area contributed by atoms with Gasteiger partial charge in [-0.05, 0) is 54.4 Å². The molecule has 0 bridgehead atoms. The van der Waals surface area contributed by atoms with E-state index in [1.54, 1.807) is 6.21 Å². The lowest BCUT2D eigenvalue weighted by molar-refractivity contribution is -0.120. The number of hydrogen-bond acceptors (Lipinski definition) is 4. The molecule has 0 saturated carbocycles. The summed E-state index contributed by atoms with van der Waals surface area (Å²) in [5.74, 6) is 0.658. The van der Waals surface area contributed by atoms with Crippen LogP contribution in [0.4, 0.5) is 0 Å². The van der Waals surface area contributed by atoms with Crippen molar-refractivity contribution >= 4 is 23.9 Å². The molecule has 0 aromatic heterocycles. The molecule has 3 rings (SSSR count). The second kappa shape index (κ2) is 10.3. The number of thioether (sulfide) groups is 1. The Morgan fingerprint density at radius 1 is 1.00 bits per heavy atom. The molecule has 0 fully saturated rings. The van der Waals surface area contributed by atoms with Crippen LogP contribution in [0.3, 0.4) is 0 Å². The van der Waals surface area contributed by atoms with E-state index in [1.807, 2.05) is 91.9 Å². The summed E-state index contributed by atoms with van der Waals surface area (Å²) in [6.07, 6.45) is 1.62. The molecule has 142 valence electrons. The number of rotatable bonds is 8. The van der Waals surface area contributed by atoms with E-state index in [9.17, 15) is 4.79 Å². The Labute approximate surface area is 169 Å². The number of benzene rings is 3. The molecule has 0 unspecified atom stereocenters. The van der Waals surface area contributed by atoms with Gasteiger partial charge in [-0.15, -0.1) is 11.8 Å². The molecule has 0 saturated heterocycles. The monoisotopic (exact) mass is 390 g/mol. The number of nitrogens with zero attached hydrogens (tertiary/aromatic N) is 1. The molecule has 0 aliphatic carbocycles. The second-order valence-corrected chi connectivity index (χ2v) is 7.56. The van der Waals surface area contributed by atoms with E-state index < -0.39 is 0 Å². The van der Waals surface area contributed by atoms with Crippen LogP contribution in [0.25, 0.3) is 0 Å². The minimum atomic E-state index is -0.228. The van der Waals surface area contributed by atoms with Gasteiger partial charge < -0.3 is 4.74 Å². The van der Waals surface area contributed by atoms with Crippen molar-refractivity contribution in [3.8, 4) is 5.75 Å². The van der Waals surface area contributed by atoms with E-state index in [0.29, 0.717) is 6.61 Å². The first-order valence-corrected chi connectivity index (χ1v) is 9.90. The van der Waals surface area contributed by atoms with Gasteiger partial charge in [-0.3, -0.25) is 4.79 Å². The van der Waals surface area contributed by atoms with Crippen molar-refractivity contribution < 1.29 is 9.53 Å². The van der Waals surface area contributed by atoms with Gasteiger partial charge in [0, 0.05) is 4.90 Å².